The maximum atomic E-state index is 11.8. The summed E-state index contributed by atoms with van der Waals surface area (Å²) < 4.78 is 5.47. The van der Waals surface area contributed by atoms with Crippen molar-refractivity contribution in [3.8, 4) is 0 Å². The Labute approximate surface area is 147 Å². The molecular weight excluding hydrogens is 346 g/mol. The third-order valence-electron chi connectivity index (χ3n) is 2.82. The second-order valence-corrected chi connectivity index (χ2v) is 5.92. The molecule has 24 heavy (non-hydrogen) atoms. The van der Waals surface area contributed by atoms with E-state index in [0.29, 0.717) is 21.6 Å². The van der Waals surface area contributed by atoms with E-state index in [1.807, 2.05) is 30.3 Å². The van der Waals surface area contributed by atoms with E-state index in [0.717, 1.165) is 5.69 Å². The summed E-state index contributed by atoms with van der Waals surface area (Å²) in [5.74, 6) is -0.124. The van der Waals surface area contributed by atoms with Crippen molar-refractivity contribution in [3.63, 3.8) is 0 Å². The fourth-order valence-electron chi connectivity index (χ4n) is 1.78. The van der Waals surface area contributed by atoms with Gasteiger partial charge >= 0.3 is 0 Å². The molecule has 0 spiro atoms. The van der Waals surface area contributed by atoms with Crippen LogP contribution in [0.5, 0.6) is 0 Å². The number of hydrogen-bond donors (Lipinski definition) is 3. The molecular formula is C15H13N5O2S2. The minimum absolute atomic E-state index is 0.133. The number of benzene rings is 1. The van der Waals surface area contributed by atoms with Crippen LogP contribution in [-0.2, 0) is 4.79 Å². The molecule has 122 valence electrons. The highest BCUT2D eigenvalue weighted by molar-refractivity contribution is 7.99. The van der Waals surface area contributed by atoms with Crippen LogP contribution in [0.4, 0.5) is 5.69 Å². The zero-order valence-corrected chi connectivity index (χ0v) is 14.0. The molecule has 1 amide bonds. The van der Waals surface area contributed by atoms with Gasteiger partial charge in [0.15, 0.2) is 16.3 Å². The van der Waals surface area contributed by atoms with E-state index in [4.69, 9.17) is 16.6 Å². The molecule has 0 bridgehead atoms. The number of carbonyl (C=O) groups is 1. The summed E-state index contributed by atoms with van der Waals surface area (Å²) >= 11 is 6.27. The van der Waals surface area contributed by atoms with Gasteiger partial charge in [0.05, 0.1) is 5.75 Å². The molecule has 0 saturated heterocycles. The van der Waals surface area contributed by atoms with E-state index < -0.39 is 0 Å². The van der Waals surface area contributed by atoms with Gasteiger partial charge in [-0.1, -0.05) is 30.0 Å². The fraction of sp³-hybridized carbons (Fsp3) is 0.0667. The first-order chi connectivity index (χ1) is 11.7. The highest BCUT2D eigenvalue weighted by atomic mass is 32.2. The predicted molar refractivity (Wildman–Crippen MR) is 96.5 cm³/mol. The van der Waals surface area contributed by atoms with Crippen LogP contribution in [0.25, 0.3) is 11.2 Å². The Kier molecular flexibility index (Phi) is 5.24. The lowest BCUT2D eigenvalue weighted by Gasteiger charge is -2.10. The molecule has 2 heterocycles. The second kappa shape index (κ2) is 7.75. The summed E-state index contributed by atoms with van der Waals surface area (Å²) in [4.78, 5) is 20.1. The van der Waals surface area contributed by atoms with Crippen molar-refractivity contribution in [1.29, 1.82) is 0 Å². The molecule has 0 radical (unpaired) electrons. The minimum Gasteiger partial charge on any atom is -0.430 e. The number of hydrogen-bond acceptors (Lipinski definition) is 6. The minimum atomic E-state index is -0.257. The van der Waals surface area contributed by atoms with Gasteiger partial charge in [0.25, 0.3) is 5.22 Å². The topological polar surface area (TPSA) is 92.1 Å². The molecule has 9 heteroatoms. The summed E-state index contributed by atoms with van der Waals surface area (Å²) in [5, 5.41) is 3.64. The molecule has 3 N–H and O–H groups in total. The number of nitrogens with one attached hydrogen (secondary N) is 3. The molecule has 0 unspecified atom stereocenters. The number of thioether (sulfide) groups is 1. The van der Waals surface area contributed by atoms with Crippen molar-refractivity contribution >= 4 is 51.9 Å². The Morgan fingerprint density at radius 3 is 2.79 bits per heavy atom. The Morgan fingerprint density at radius 2 is 2.00 bits per heavy atom. The molecule has 0 atom stereocenters. The molecule has 0 aliphatic rings. The van der Waals surface area contributed by atoms with Crippen molar-refractivity contribution in [1.82, 2.24) is 20.8 Å². The van der Waals surface area contributed by atoms with Gasteiger partial charge in [0.1, 0.15) is 0 Å². The number of oxazole rings is 1. The van der Waals surface area contributed by atoms with Crippen molar-refractivity contribution in [2.75, 3.05) is 11.1 Å². The first kappa shape index (κ1) is 16.2. The zero-order chi connectivity index (χ0) is 16.8. The average Bonchev–Trinajstić information content (AvgIpc) is 3.02. The van der Waals surface area contributed by atoms with Gasteiger partial charge in [-0.15, -0.1) is 0 Å². The lowest BCUT2D eigenvalue weighted by molar-refractivity contribution is -0.119. The molecule has 3 aromatic rings. The maximum Gasteiger partial charge on any atom is 0.258 e. The van der Waals surface area contributed by atoms with E-state index in [2.05, 4.69) is 26.1 Å². The SMILES string of the molecule is O=C(CSc1nc2ncccc2o1)NNC(=S)Nc1ccccc1. The molecule has 1 aromatic carbocycles. The van der Waals surface area contributed by atoms with Gasteiger partial charge in [-0.05, 0) is 36.5 Å². The van der Waals surface area contributed by atoms with Crippen LogP contribution < -0.4 is 16.2 Å². The molecule has 0 saturated carbocycles. The quantitative estimate of drug-likeness (QED) is 0.371. The third-order valence-corrected chi connectivity index (χ3v) is 3.85. The summed E-state index contributed by atoms with van der Waals surface area (Å²) in [5.41, 5.74) is 7.09. The van der Waals surface area contributed by atoms with Crippen LogP contribution in [0.2, 0.25) is 0 Å². The number of thiocarbonyl (C=S) groups is 1. The smallest absolute Gasteiger partial charge is 0.258 e. The molecule has 0 aliphatic carbocycles. The lowest BCUT2D eigenvalue weighted by Crippen LogP contribution is -2.44. The number of amides is 1. The fourth-order valence-corrected chi connectivity index (χ4v) is 2.58. The van der Waals surface area contributed by atoms with Gasteiger partial charge in [-0.3, -0.25) is 15.6 Å². The number of para-hydroxylation sites is 1. The Balaban J connectivity index is 1.43. The number of nitrogens with zero attached hydrogens (tertiary/aromatic N) is 2. The van der Waals surface area contributed by atoms with Gasteiger partial charge in [0.2, 0.25) is 5.91 Å². The predicted octanol–water partition coefficient (Wildman–Crippen LogP) is 2.33. The largest absolute Gasteiger partial charge is 0.430 e. The number of pyridine rings is 1. The molecule has 2 aromatic heterocycles. The van der Waals surface area contributed by atoms with Crippen LogP contribution >= 0.6 is 24.0 Å². The zero-order valence-electron chi connectivity index (χ0n) is 12.4. The number of fused-ring (bicyclic) bond motifs is 1. The van der Waals surface area contributed by atoms with Crippen LogP contribution in [0, 0.1) is 0 Å². The molecule has 7 nitrogen and oxygen atoms in total. The standard InChI is InChI=1S/C15H13N5O2S2/c21-12(19-20-14(23)17-10-5-2-1-3-6-10)9-24-15-18-13-11(22-15)7-4-8-16-13/h1-8H,9H2,(H,19,21)(H2,17,20,23). The van der Waals surface area contributed by atoms with E-state index in [-0.39, 0.29) is 11.7 Å². The molecule has 3 rings (SSSR count). The van der Waals surface area contributed by atoms with Crippen LogP contribution in [0.15, 0.2) is 58.3 Å². The van der Waals surface area contributed by atoms with Gasteiger partial charge in [-0.25, -0.2) is 4.98 Å². The summed E-state index contributed by atoms with van der Waals surface area (Å²) in [6, 6.07) is 12.9. The van der Waals surface area contributed by atoms with Crippen LogP contribution in [-0.4, -0.2) is 26.7 Å². The van der Waals surface area contributed by atoms with Gasteiger partial charge in [0, 0.05) is 11.9 Å². The summed E-state index contributed by atoms with van der Waals surface area (Å²) in [7, 11) is 0. The van der Waals surface area contributed by atoms with Crippen LogP contribution in [0.1, 0.15) is 0 Å². The molecule has 0 aliphatic heterocycles. The lowest BCUT2D eigenvalue weighted by atomic mass is 10.3. The normalized spacial score (nSPS) is 10.3. The summed E-state index contributed by atoms with van der Waals surface area (Å²) in [6.45, 7) is 0. The molecule has 0 fully saturated rings. The van der Waals surface area contributed by atoms with Crippen LogP contribution in [0.3, 0.4) is 0 Å². The number of aromatic nitrogens is 2. The van der Waals surface area contributed by atoms with E-state index in [9.17, 15) is 4.79 Å². The average molecular weight is 359 g/mol. The van der Waals surface area contributed by atoms with Gasteiger partial charge in [-0.2, -0.15) is 4.98 Å². The third kappa shape index (κ3) is 4.43. The monoisotopic (exact) mass is 359 g/mol. The van der Waals surface area contributed by atoms with E-state index in [1.165, 1.54) is 11.8 Å². The first-order valence-corrected chi connectivity index (χ1v) is 8.35. The van der Waals surface area contributed by atoms with Gasteiger partial charge < -0.3 is 9.73 Å². The highest BCUT2D eigenvalue weighted by Gasteiger charge is 2.09. The second-order valence-electron chi connectivity index (χ2n) is 4.59. The summed E-state index contributed by atoms with van der Waals surface area (Å²) in [6.07, 6.45) is 1.64. The maximum absolute atomic E-state index is 11.8. The van der Waals surface area contributed by atoms with E-state index >= 15 is 0 Å². The van der Waals surface area contributed by atoms with Crippen molar-refractivity contribution in [3.05, 3.63) is 48.7 Å². The van der Waals surface area contributed by atoms with Crippen molar-refractivity contribution in [2.45, 2.75) is 5.22 Å². The Morgan fingerprint density at radius 1 is 1.17 bits per heavy atom. The Bertz CT molecular complexity index is 820. The van der Waals surface area contributed by atoms with Crippen molar-refractivity contribution < 1.29 is 9.21 Å². The Hall–Kier alpha value is -2.65. The first-order valence-electron chi connectivity index (χ1n) is 6.96. The number of hydrazine groups is 1. The number of anilines is 1. The number of rotatable bonds is 4. The highest BCUT2D eigenvalue weighted by Crippen LogP contribution is 2.21. The van der Waals surface area contributed by atoms with E-state index in [1.54, 1.807) is 18.3 Å². The van der Waals surface area contributed by atoms with Crippen molar-refractivity contribution in [2.24, 2.45) is 0 Å². The number of carbonyl (C=O) groups excluding carboxylic acids is 1.